The maximum absolute atomic E-state index is 12.8. The van der Waals surface area contributed by atoms with E-state index in [1.54, 1.807) is 0 Å². The van der Waals surface area contributed by atoms with Crippen LogP contribution in [0.2, 0.25) is 0 Å². The van der Waals surface area contributed by atoms with Crippen molar-refractivity contribution >= 4 is 17.9 Å². The number of carbonyl (C=O) groups excluding carboxylic acids is 3. The van der Waals surface area contributed by atoms with Crippen LogP contribution in [0.4, 0.5) is 0 Å². The topological polar surface area (TPSA) is 78.9 Å². The fraction of sp³-hybridized carbons (Fsp3) is 0.698. The van der Waals surface area contributed by atoms with Crippen LogP contribution in [-0.2, 0) is 28.6 Å². The van der Waals surface area contributed by atoms with E-state index < -0.39 is 6.10 Å². The van der Waals surface area contributed by atoms with Gasteiger partial charge in [-0.2, -0.15) is 0 Å². The van der Waals surface area contributed by atoms with Gasteiger partial charge in [-0.15, -0.1) is 0 Å². The predicted octanol–water partition coefficient (Wildman–Crippen LogP) is 19.3. The second-order valence-corrected chi connectivity index (χ2v) is 18.8. The molecule has 0 rings (SSSR count). The fourth-order valence-corrected chi connectivity index (χ4v) is 7.74. The van der Waals surface area contributed by atoms with Crippen molar-refractivity contribution in [2.24, 2.45) is 0 Å². The molecule has 6 heteroatoms. The van der Waals surface area contributed by atoms with E-state index in [9.17, 15) is 14.4 Å². The van der Waals surface area contributed by atoms with Crippen LogP contribution < -0.4 is 0 Å². The molecule has 0 aliphatic heterocycles. The van der Waals surface area contributed by atoms with Gasteiger partial charge < -0.3 is 14.2 Å². The lowest BCUT2D eigenvalue weighted by Crippen LogP contribution is -2.30. The zero-order chi connectivity index (χ0) is 50.0. The summed E-state index contributed by atoms with van der Waals surface area (Å²) in [6.07, 6.45) is 75.4. The molecule has 394 valence electrons. The molecule has 0 saturated heterocycles. The number of hydrogen-bond donors (Lipinski definition) is 0. The summed E-state index contributed by atoms with van der Waals surface area (Å²) in [4.78, 5) is 38.1. The standard InChI is InChI=1S/C63H106O6/c1-4-7-10-13-16-19-22-24-26-28-29-30-31-32-33-34-35-36-38-39-41-44-47-50-53-56-62(65)68-59-60(58-67-61(64)55-52-49-46-43-21-18-15-12-9-6-3)69-63(66)57-54-51-48-45-42-40-37-27-25-23-20-17-14-11-8-5-2/h7,10,12,15-16,19,24,26-27,29-30,32-33,35-37,60H,4-6,8-9,11,13-14,17-18,20-23,25,28,31,34,38-59H2,1-3H3/b10-7-,15-12-,19-16-,26-24-,30-29-,33-32-,36-35-,37-27-. The molecular weight excluding hydrogens is 853 g/mol. The molecule has 0 aromatic carbocycles. The Morgan fingerprint density at radius 3 is 0.957 bits per heavy atom. The summed E-state index contributed by atoms with van der Waals surface area (Å²) >= 11 is 0. The van der Waals surface area contributed by atoms with Gasteiger partial charge in [0.25, 0.3) is 0 Å². The van der Waals surface area contributed by atoms with E-state index in [-0.39, 0.29) is 31.1 Å². The molecule has 6 nitrogen and oxygen atoms in total. The van der Waals surface area contributed by atoms with Crippen LogP contribution in [0.15, 0.2) is 97.2 Å². The Bertz CT molecular complexity index is 1380. The van der Waals surface area contributed by atoms with E-state index in [1.165, 1.54) is 83.5 Å². The molecule has 69 heavy (non-hydrogen) atoms. The Balaban J connectivity index is 4.33. The fourth-order valence-electron chi connectivity index (χ4n) is 7.74. The summed E-state index contributed by atoms with van der Waals surface area (Å²) in [7, 11) is 0. The first kappa shape index (κ1) is 65.3. The number of ether oxygens (including phenoxy) is 3. The minimum atomic E-state index is -0.792. The first-order chi connectivity index (χ1) is 34.0. The normalized spacial score (nSPS) is 12.8. The molecule has 1 atom stereocenters. The highest BCUT2D eigenvalue weighted by atomic mass is 16.6. The van der Waals surface area contributed by atoms with Crippen LogP contribution in [0.3, 0.4) is 0 Å². The number of hydrogen-bond acceptors (Lipinski definition) is 6. The van der Waals surface area contributed by atoms with Crippen LogP contribution in [-0.4, -0.2) is 37.2 Å². The monoisotopic (exact) mass is 959 g/mol. The zero-order valence-electron chi connectivity index (χ0n) is 45.0. The maximum atomic E-state index is 12.8. The van der Waals surface area contributed by atoms with Crippen molar-refractivity contribution in [1.29, 1.82) is 0 Å². The SMILES string of the molecule is CC/C=C\C/C=C\C/C=C\C/C=C\C/C=C\C/C=C\CCCCCCCCC(=O)OCC(COC(=O)CCCCCCC/C=C\CCC)OC(=O)CCCCCCC/C=C\CCCCCCCCC. The Labute approximate surface area is 426 Å². The quantitative estimate of drug-likeness (QED) is 0.0262. The summed E-state index contributed by atoms with van der Waals surface area (Å²) in [5, 5.41) is 0. The molecule has 0 aromatic rings. The van der Waals surface area contributed by atoms with Gasteiger partial charge in [0.2, 0.25) is 0 Å². The van der Waals surface area contributed by atoms with Crippen molar-refractivity contribution in [3.05, 3.63) is 97.2 Å². The van der Waals surface area contributed by atoms with Crippen LogP contribution in [0.25, 0.3) is 0 Å². The summed E-state index contributed by atoms with van der Waals surface area (Å²) in [6, 6.07) is 0. The summed E-state index contributed by atoms with van der Waals surface area (Å²) in [6.45, 7) is 6.44. The number of carbonyl (C=O) groups is 3. The van der Waals surface area contributed by atoms with Crippen LogP contribution in [0.5, 0.6) is 0 Å². The van der Waals surface area contributed by atoms with Crippen molar-refractivity contribution in [3.8, 4) is 0 Å². The van der Waals surface area contributed by atoms with Crippen LogP contribution in [0.1, 0.15) is 265 Å². The van der Waals surface area contributed by atoms with Gasteiger partial charge in [0.05, 0.1) is 0 Å². The molecule has 0 radical (unpaired) electrons. The third-order valence-electron chi connectivity index (χ3n) is 12.0. The van der Waals surface area contributed by atoms with Crippen LogP contribution >= 0.6 is 0 Å². The van der Waals surface area contributed by atoms with Crippen LogP contribution in [0, 0.1) is 0 Å². The lowest BCUT2D eigenvalue weighted by atomic mass is 10.1. The number of allylic oxidation sites excluding steroid dienone is 16. The van der Waals surface area contributed by atoms with Gasteiger partial charge in [-0.1, -0.05) is 227 Å². The second-order valence-electron chi connectivity index (χ2n) is 18.8. The molecule has 0 aromatic heterocycles. The van der Waals surface area contributed by atoms with Crippen molar-refractivity contribution in [2.45, 2.75) is 271 Å². The Morgan fingerprint density at radius 2 is 0.594 bits per heavy atom. The molecule has 0 fully saturated rings. The predicted molar refractivity (Wildman–Crippen MR) is 297 cm³/mol. The van der Waals surface area contributed by atoms with E-state index in [0.29, 0.717) is 19.3 Å². The lowest BCUT2D eigenvalue weighted by molar-refractivity contribution is -0.167. The molecule has 0 amide bonds. The number of rotatable bonds is 51. The largest absolute Gasteiger partial charge is 0.462 e. The lowest BCUT2D eigenvalue weighted by Gasteiger charge is -2.18. The van der Waals surface area contributed by atoms with Crippen molar-refractivity contribution < 1.29 is 28.6 Å². The number of unbranched alkanes of at least 4 members (excludes halogenated alkanes) is 24. The van der Waals surface area contributed by atoms with Gasteiger partial charge in [-0.25, -0.2) is 0 Å². The first-order valence-electron chi connectivity index (χ1n) is 28.7. The minimum Gasteiger partial charge on any atom is -0.462 e. The smallest absolute Gasteiger partial charge is 0.306 e. The molecule has 0 aliphatic carbocycles. The zero-order valence-corrected chi connectivity index (χ0v) is 45.0. The molecule has 0 bridgehead atoms. The third-order valence-corrected chi connectivity index (χ3v) is 12.0. The van der Waals surface area contributed by atoms with Gasteiger partial charge in [-0.05, 0) is 116 Å². The van der Waals surface area contributed by atoms with Gasteiger partial charge >= 0.3 is 17.9 Å². The molecule has 0 saturated carbocycles. The van der Waals surface area contributed by atoms with Gasteiger partial charge in [0.15, 0.2) is 6.10 Å². The van der Waals surface area contributed by atoms with E-state index in [2.05, 4.69) is 118 Å². The van der Waals surface area contributed by atoms with Gasteiger partial charge in [0.1, 0.15) is 13.2 Å². The average Bonchev–Trinajstić information content (AvgIpc) is 3.35. The highest BCUT2D eigenvalue weighted by molar-refractivity contribution is 5.71. The van der Waals surface area contributed by atoms with E-state index in [0.717, 1.165) is 141 Å². The van der Waals surface area contributed by atoms with Gasteiger partial charge in [0, 0.05) is 19.3 Å². The molecule has 0 spiro atoms. The summed E-state index contributed by atoms with van der Waals surface area (Å²) in [5.41, 5.74) is 0. The average molecular weight is 960 g/mol. The molecule has 0 N–H and O–H groups in total. The van der Waals surface area contributed by atoms with Gasteiger partial charge in [-0.3, -0.25) is 14.4 Å². The summed E-state index contributed by atoms with van der Waals surface area (Å²) in [5.74, 6) is -0.922. The maximum Gasteiger partial charge on any atom is 0.306 e. The minimum absolute atomic E-state index is 0.0903. The Hall–Kier alpha value is -3.67. The molecule has 1 unspecified atom stereocenters. The second kappa shape index (κ2) is 56.9. The highest BCUT2D eigenvalue weighted by Gasteiger charge is 2.19. The van der Waals surface area contributed by atoms with Crippen molar-refractivity contribution in [1.82, 2.24) is 0 Å². The summed E-state index contributed by atoms with van der Waals surface area (Å²) < 4.78 is 16.8. The highest BCUT2D eigenvalue weighted by Crippen LogP contribution is 2.14. The van der Waals surface area contributed by atoms with E-state index in [4.69, 9.17) is 14.2 Å². The first-order valence-corrected chi connectivity index (χ1v) is 28.7. The Morgan fingerprint density at radius 1 is 0.304 bits per heavy atom. The molecular formula is C63H106O6. The number of esters is 3. The Kier molecular flexibility index (Phi) is 53.9. The van der Waals surface area contributed by atoms with Crippen molar-refractivity contribution in [3.63, 3.8) is 0 Å². The molecule has 0 heterocycles. The van der Waals surface area contributed by atoms with E-state index in [1.807, 2.05) is 0 Å². The third kappa shape index (κ3) is 55.1. The van der Waals surface area contributed by atoms with Crippen molar-refractivity contribution in [2.75, 3.05) is 13.2 Å². The molecule has 0 aliphatic rings. The van der Waals surface area contributed by atoms with E-state index >= 15 is 0 Å².